The van der Waals surface area contributed by atoms with Crippen LogP contribution in [0.3, 0.4) is 0 Å². The Kier molecular flexibility index (Phi) is 66.7. The first-order valence-electron chi connectivity index (χ1n) is 35.2. The highest BCUT2D eigenvalue weighted by Crippen LogP contribution is 2.17. The average Bonchev–Trinajstić information content (AvgIpc) is 3.47. The summed E-state index contributed by atoms with van der Waals surface area (Å²) in [6, 6.07) is 0. The third kappa shape index (κ3) is 67.1. The summed E-state index contributed by atoms with van der Waals surface area (Å²) < 4.78 is 16.9. The van der Waals surface area contributed by atoms with Gasteiger partial charge in [0.1, 0.15) is 13.2 Å². The van der Waals surface area contributed by atoms with Crippen molar-refractivity contribution in [1.82, 2.24) is 0 Å². The molecular formula is C76H132O6. The highest BCUT2D eigenvalue weighted by atomic mass is 16.6. The molecule has 1 unspecified atom stereocenters. The van der Waals surface area contributed by atoms with Crippen LogP contribution < -0.4 is 0 Å². The van der Waals surface area contributed by atoms with Gasteiger partial charge in [-0.3, -0.25) is 14.4 Å². The molecule has 82 heavy (non-hydrogen) atoms. The van der Waals surface area contributed by atoms with Crippen LogP contribution in [-0.2, 0) is 28.6 Å². The van der Waals surface area contributed by atoms with Crippen molar-refractivity contribution >= 4 is 17.9 Å². The van der Waals surface area contributed by atoms with E-state index >= 15 is 0 Å². The molecule has 0 spiro atoms. The molecule has 0 bridgehead atoms. The van der Waals surface area contributed by atoms with E-state index in [1.165, 1.54) is 199 Å². The maximum absolute atomic E-state index is 12.9. The van der Waals surface area contributed by atoms with E-state index in [4.69, 9.17) is 14.2 Å². The predicted octanol–water partition coefficient (Wildman–Crippen LogP) is 24.4. The van der Waals surface area contributed by atoms with Crippen molar-refractivity contribution in [2.24, 2.45) is 0 Å². The Morgan fingerprint density at radius 2 is 0.476 bits per heavy atom. The van der Waals surface area contributed by atoms with E-state index in [1.807, 2.05) is 0 Å². The number of carbonyl (C=O) groups excluding carboxylic acids is 3. The van der Waals surface area contributed by atoms with Gasteiger partial charge in [-0.1, -0.05) is 323 Å². The largest absolute Gasteiger partial charge is 0.462 e. The van der Waals surface area contributed by atoms with Crippen LogP contribution in [0.4, 0.5) is 0 Å². The van der Waals surface area contributed by atoms with Crippen LogP contribution in [0.25, 0.3) is 0 Å². The molecule has 472 valence electrons. The Balaban J connectivity index is 4.21. The third-order valence-corrected chi connectivity index (χ3v) is 15.3. The molecule has 6 nitrogen and oxygen atoms in total. The number of rotatable bonds is 64. The van der Waals surface area contributed by atoms with Crippen LogP contribution >= 0.6 is 0 Å². The molecule has 0 saturated heterocycles. The molecule has 0 aliphatic carbocycles. The molecule has 0 aliphatic rings. The summed E-state index contributed by atoms with van der Waals surface area (Å²) in [5.74, 6) is -0.869. The first-order valence-corrected chi connectivity index (χ1v) is 35.2. The number of hydrogen-bond acceptors (Lipinski definition) is 6. The number of esters is 3. The number of allylic oxidation sites excluding steroid dienone is 16. The summed E-state index contributed by atoms with van der Waals surface area (Å²) in [7, 11) is 0. The summed E-state index contributed by atoms with van der Waals surface area (Å²) in [6.45, 7) is 6.55. The molecule has 0 amide bonds. The monoisotopic (exact) mass is 1140 g/mol. The lowest BCUT2D eigenvalue weighted by molar-refractivity contribution is -0.167. The van der Waals surface area contributed by atoms with Crippen molar-refractivity contribution < 1.29 is 28.6 Å². The SMILES string of the molecule is CC/C=C\C/C=C\C/C=C\C/C=C\C/C=C\C/C=C\C/C=C\CCCCCCCCCCCC(=O)OCC(COC(=O)CCCCCCCCCCCC)OC(=O)CCCCCCCCCCCCC/C=C\CCCCCCCCCC. The Morgan fingerprint density at radius 1 is 0.256 bits per heavy atom. The van der Waals surface area contributed by atoms with Crippen LogP contribution in [0.15, 0.2) is 97.2 Å². The maximum atomic E-state index is 12.9. The fourth-order valence-corrected chi connectivity index (χ4v) is 10.1. The zero-order chi connectivity index (χ0) is 59.2. The van der Waals surface area contributed by atoms with Crippen LogP contribution in [0.2, 0.25) is 0 Å². The number of ether oxygens (including phenoxy) is 3. The van der Waals surface area contributed by atoms with Crippen molar-refractivity contribution in [3.05, 3.63) is 97.2 Å². The molecule has 0 radical (unpaired) electrons. The van der Waals surface area contributed by atoms with E-state index in [0.29, 0.717) is 19.3 Å². The third-order valence-electron chi connectivity index (χ3n) is 15.3. The van der Waals surface area contributed by atoms with E-state index in [1.54, 1.807) is 0 Å². The Hall–Kier alpha value is -3.67. The van der Waals surface area contributed by atoms with Crippen molar-refractivity contribution in [2.45, 2.75) is 354 Å². The Labute approximate surface area is 508 Å². The topological polar surface area (TPSA) is 78.9 Å². The second kappa shape index (κ2) is 69.8. The normalized spacial score (nSPS) is 12.7. The minimum Gasteiger partial charge on any atom is -0.462 e. The highest BCUT2D eigenvalue weighted by molar-refractivity contribution is 5.71. The second-order valence-corrected chi connectivity index (χ2v) is 23.4. The lowest BCUT2D eigenvalue weighted by Crippen LogP contribution is -2.30. The highest BCUT2D eigenvalue weighted by Gasteiger charge is 2.19. The smallest absolute Gasteiger partial charge is 0.306 e. The predicted molar refractivity (Wildman–Crippen MR) is 357 cm³/mol. The fraction of sp³-hybridized carbons (Fsp3) is 0.750. The summed E-state index contributed by atoms with van der Waals surface area (Å²) in [4.78, 5) is 38.3. The molecule has 0 heterocycles. The van der Waals surface area contributed by atoms with Gasteiger partial charge in [-0.25, -0.2) is 0 Å². The molecule has 0 aliphatic heterocycles. The van der Waals surface area contributed by atoms with Gasteiger partial charge >= 0.3 is 17.9 Å². The second-order valence-electron chi connectivity index (χ2n) is 23.4. The summed E-state index contributed by atoms with van der Waals surface area (Å²) in [6.07, 6.45) is 94.4. The maximum Gasteiger partial charge on any atom is 0.306 e. The van der Waals surface area contributed by atoms with E-state index in [-0.39, 0.29) is 31.1 Å². The quantitative estimate of drug-likeness (QED) is 0.0261. The molecule has 0 aromatic carbocycles. The standard InChI is InChI=1S/C76H132O6/c1-4-7-10-13-16-19-22-24-26-28-30-32-34-35-36-37-38-39-40-41-43-44-46-48-50-52-54-57-60-63-66-69-75(78)81-72-73(71-80-74(77)68-65-62-59-56-21-18-15-12-9-6-3)82-76(79)70-67-64-61-58-55-53-51-49-47-45-42-33-31-29-27-25-23-20-17-14-11-8-5-2/h7,10,16,19,24,26,29-32,35-36,38-39,41,43,73H,4-6,8-9,11-15,17-18,20-23,25,27-28,33-34,37,40,42,44-72H2,1-3H3/b10-7-,19-16-,26-24-,31-29-,32-30-,36-35-,39-38-,43-41-. The molecule has 6 heteroatoms. The molecule has 0 saturated carbocycles. The van der Waals surface area contributed by atoms with Crippen LogP contribution in [0, 0.1) is 0 Å². The lowest BCUT2D eigenvalue weighted by Gasteiger charge is -2.18. The van der Waals surface area contributed by atoms with Crippen molar-refractivity contribution in [1.29, 1.82) is 0 Å². The molecule has 0 rings (SSSR count). The van der Waals surface area contributed by atoms with Crippen LogP contribution in [0.1, 0.15) is 348 Å². The van der Waals surface area contributed by atoms with Gasteiger partial charge in [-0.05, 0) is 103 Å². The van der Waals surface area contributed by atoms with Gasteiger partial charge in [-0.2, -0.15) is 0 Å². The average molecular weight is 1140 g/mol. The zero-order valence-electron chi connectivity index (χ0n) is 54.2. The van der Waals surface area contributed by atoms with Crippen molar-refractivity contribution in [3.8, 4) is 0 Å². The van der Waals surface area contributed by atoms with Crippen molar-refractivity contribution in [3.63, 3.8) is 0 Å². The molecule has 0 aromatic heterocycles. The zero-order valence-corrected chi connectivity index (χ0v) is 54.2. The first-order chi connectivity index (χ1) is 40.5. The van der Waals surface area contributed by atoms with Crippen molar-refractivity contribution in [2.75, 3.05) is 13.2 Å². The molecular weight excluding hydrogens is 1010 g/mol. The minimum absolute atomic E-state index is 0.0756. The van der Waals surface area contributed by atoms with Gasteiger partial charge in [0.25, 0.3) is 0 Å². The number of hydrogen-bond donors (Lipinski definition) is 0. The lowest BCUT2D eigenvalue weighted by atomic mass is 10.0. The summed E-state index contributed by atoms with van der Waals surface area (Å²) in [5.41, 5.74) is 0. The van der Waals surface area contributed by atoms with Gasteiger partial charge < -0.3 is 14.2 Å². The Morgan fingerprint density at radius 3 is 0.756 bits per heavy atom. The van der Waals surface area contributed by atoms with E-state index in [9.17, 15) is 14.4 Å². The van der Waals surface area contributed by atoms with Gasteiger partial charge in [-0.15, -0.1) is 0 Å². The van der Waals surface area contributed by atoms with Gasteiger partial charge in [0.15, 0.2) is 6.10 Å². The molecule has 1 atom stereocenters. The summed E-state index contributed by atoms with van der Waals surface area (Å²) in [5, 5.41) is 0. The number of unbranched alkanes of at least 4 members (excludes halogenated alkanes) is 37. The molecule has 0 aromatic rings. The van der Waals surface area contributed by atoms with Gasteiger partial charge in [0, 0.05) is 19.3 Å². The van der Waals surface area contributed by atoms with E-state index in [0.717, 1.165) is 109 Å². The summed E-state index contributed by atoms with van der Waals surface area (Å²) >= 11 is 0. The molecule has 0 fully saturated rings. The van der Waals surface area contributed by atoms with E-state index < -0.39 is 6.10 Å². The number of carbonyl (C=O) groups is 3. The first kappa shape index (κ1) is 78.3. The van der Waals surface area contributed by atoms with Gasteiger partial charge in [0.2, 0.25) is 0 Å². The molecule has 0 N–H and O–H groups in total. The minimum atomic E-state index is -0.779. The Bertz CT molecular complexity index is 1590. The van der Waals surface area contributed by atoms with Crippen LogP contribution in [-0.4, -0.2) is 37.2 Å². The fourth-order valence-electron chi connectivity index (χ4n) is 10.1. The van der Waals surface area contributed by atoms with E-state index in [2.05, 4.69) is 118 Å². The van der Waals surface area contributed by atoms with Gasteiger partial charge in [0.05, 0.1) is 0 Å². The van der Waals surface area contributed by atoms with Crippen LogP contribution in [0.5, 0.6) is 0 Å².